The minimum absolute atomic E-state index is 0.0821. The molecule has 2 unspecified atom stereocenters. The zero-order chi connectivity index (χ0) is 14.2. The second kappa shape index (κ2) is 5.12. The van der Waals surface area contributed by atoms with Crippen molar-refractivity contribution in [3.8, 4) is 0 Å². The SMILES string of the molecule is CC1(C)CCCC1NC(=O)C1CCc2ccccc2N1. The summed E-state index contributed by atoms with van der Waals surface area (Å²) in [4.78, 5) is 12.5. The molecule has 3 nitrogen and oxygen atoms in total. The first-order valence-electron chi connectivity index (χ1n) is 7.71. The van der Waals surface area contributed by atoms with E-state index in [4.69, 9.17) is 0 Å². The van der Waals surface area contributed by atoms with E-state index in [1.807, 2.05) is 6.07 Å². The smallest absolute Gasteiger partial charge is 0.242 e. The summed E-state index contributed by atoms with van der Waals surface area (Å²) in [5.41, 5.74) is 2.67. The van der Waals surface area contributed by atoms with Crippen molar-refractivity contribution in [1.82, 2.24) is 5.32 Å². The lowest BCUT2D eigenvalue weighted by Crippen LogP contribution is -2.49. The maximum atomic E-state index is 12.5. The summed E-state index contributed by atoms with van der Waals surface area (Å²) in [5.74, 6) is 0.166. The topological polar surface area (TPSA) is 41.1 Å². The molecule has 2 atom stereocenters. The highest BCUT2D eigenvalue weighted by Crippen LogP contribution is 2.37. The van der Waals surface area contributed by atoms with Crippen LogP contribution in [0.2, 0.25) is 0 Å². The first kappa shape index (κ1) is 13.5. The Labute approximate surface area is 121 Å². The molecular formula is C17H24N2O. The molecule has 108 valence electrons. The van der Waals surface area contributed by atoms with Gasteiger partial charge in [0.25, 0.3) is 0 Å². The van der Waals surface area contributed by atoms with Crippen LogP contribution in [0.1, 0.15) is 45.1 Å². The first-order chi connectivity index (χ1) is 9.56. The predicted octanol–water partition coefficient (Wildman–Crippen LogP) is 3.11. The zero-order valence-corrected chi connectivity index (χ0v) is 12.4. The third-order valence-electron chi connectivity index (χ3n) is 4.94. The van der Waals surface area contributed by atoms with Gasteiger partial charge in [0.1, 0.15) is 6.04 Å². The van der Waals surface area contributed by atoms with Crippen LogP contribution in [0.4, 0.5) is 5.69 Å². The maximum absolute atomic E-state index is 12.5. The highest BCUT2D eigenvalue weighted by molar-refractivity contribution is 5.86. The molecule has 1 heterocycles. The number of para-hydroxylation sites is 1. The average Bonchev–Trinajstić information content (AvgIpc) is 2.77. The molecule has 0 aromatic heterocycles. The number of amides is 1. The fraction of sp³-hybridized carbons (Fsp3) is 0.588. The van der Waals surface area contributed by atoms with Crippen molar-refractivity contribution in [1.29, 1.82) is 0 Å². The van der Waals surface area contributed by atoms with E-state index < -0.39 is 0 Å². The largest absolute Gasteiger partial charge is 0.373 e. The lowest BCUT2D eigenvalue weighted by atomic mass is 9.87. The summed E-state index contributed by atoms with van der Waals surface area (Å²) < 4.78 is 0. The number of carbonyl (C=O) groups is 1. The summed E-state index contributed by atoms with van der Waals surface area (Å²) in [5, 5.41) is 6.65. The number of fused-ring (bicyclic) bond motifs is 1. The number of carbonyl (C=O) groups excluding carboxylic acids is 1. The number of hydrogen-bond acceptors (Lipinski definition) is 2. The number of anilines is 1. The second-order valence-electron chi connectivity index (χ2n) is 6.83. The molecule has 1 aromatic carbocycles. The molecule has 1 saturated carbocycles. The molecule has 2 aliphatic rings. The fourth-order valence-corrected chi connectivity index (χ4v) is 3.50. The van der Waals surface area contributed by atoms with Crippen LogP contribution in [0.5, 0.6) is 0 Å². The van der Waals surface area contributed by atoms with Gasteiger partial charge in [0.2, 0.25) is 5.91 Å². The highest BCUT2D eigenvalue weighted by atomic mass is 16.2. The lowest BCUT2D eigenvalue weighted by molar-refractivity contribution is -0.123. The average molecular weight is 272 g/mol. The normalized spacial score (nSPS) is 27.5. The molecule has 1 fully saturated rings. The van der Waals surface area contributed by atoms with Gasteiger partial charge in [-0.05, 0) is 42.7 Å². The summed E-state index contributed by atoms with van der Waals surface area (Å²) in [7, 11) is 0. The van der Waals surface area contributed by atoms with Crippen LogP contribution in [0.25, 0.3) is 0 Å². The molecule has 0 radical (unpaired) electrons. The molecule has 0 saturated heterocycles. The molecule has 1 aromatic rings. The Morgan fingerprint density at radius 2 is 2.10 bits per heavy atom. The van der Waals surface area contributed by atoms with Gasteiger partial charge in [-0.2, -0.15) is 0 Å². The number of hydrogen-bond donors (Lipinski definition) is 2. The Kier molecular flexibility index (Phi) is 3.45. The number of rotatable bonds is 2. The van der Waals surface area contributed by atoms with Crippen LogP contribution in [-0.4, -0.2) is 18.0 Å². The van der Waals surface area contributed by atoms with Crippen LogP contribution in [0.3, 0.4) is 0 Å². The molecular weight excluding hydrogens is 248 g/mol. The Balaban J connectivity index is 1.65. The second-order valence-corrected chi connectivity index (χ2v) is 6.83. The van der Waals surface area contributed by atoms with Crippen molar-refractivity contribution in [3.05, 3.63) is 29.8 Å². The molecule has 0 spiro atoms. The van der Waals surface area contributed by atoms with Gasteiger partial charge in [0.15, 0.2) is 0 Å². The number of aryl methyl sites for hydroxylation is 1. The van der Waals surface area contributed by atoms with Crippen LogP contribution in [0.15, 0.2) is 24.3 Å². The van der Waals surface area contributed by atoms with Gasteiger partial charge >= 0.3 is 0 Å². The quantitative estimate of drug-likeness (QED) is 0.868. The van der Waals surface area contributed by atoms with E-state index >= 15 is 0 Å². The van der Waals surface area contributed by atoms with Crippen LogP contribution >= 0.6 is 0 Å². The highest BCUT2D eigenvalue weighted by Gasteiger charge is 2.36. The molecule has 1 amide bonds. The van der Waals surface area contributed by atoms with Crippen molar-refractivity contribution in [2.24, 2.45) is 5.41 Å². The standard InChI is InChI=1S/C17H24N2O/c1-17(2)11-5-8-15(17)19-16(20)14-10-9-12-6-3-4-7-13(12)18-14/h3-4,6-7,14-15,18H,5,8-11H2,1-2H3,(H,19,20). The van der Waals surface area contributed by atoms with E-state index in [1.54, 1.807) is 0 Å². The van der Waals surface area contributed by atoms with E-state index in [0.717, 1.165) is 24.9 Å². The molecule has 1 aliphatic carbocycles. The predicted molar refractivity (Wildman–Crippen MR) is 81.7 cm³/mol. The Morgan fingerprint density at radius 1 is 1.30 bits per heavy atom. The monoisotopic (exact) mass is 272 g/mol. The van der Waals surface area contributed by atoms with Crippen molar-refractivity contribution in [2.45, 2.75) is 58.0 Å². The van der Waals surface area contributed by atoms with E-state index in [-0.39, 0.29) is 17.4 Å². The van der Waals surface area contributed by atoms with Gasteiger partial charge in [-0.1, -0.05) is 38.5 Å². The van der Waals surface area contributed by atoms with Crippen molar-refractivity contribution in [3.63, 3.8) is 0 Å². The molecule has 3 rings (SSSR count). The van der Waals surface area contributed by atoms with Crippen LogP contribution in [0, 0.1) is 5.41 Å². The van der Waals surface area contributed by atoms with E-state index in [0.29, 0.717) is 6.04 Å². The molecule has 2 N–H and O–H groups in total. The van der Waals surface area contributed by atoms with E-state index in [1.165, 1.54) is 18.4 Å². The Morgan fingerprint density at radius 3 is 2.85 bits per heavy atom. The minimum atomic E-state index is -0.0821. The number of benzene rings is 1. The third-order valence-corrected chi connectivity index (χ3v) is 4.94. The Hall–Kier alpha value is -1.51. The maximum Gasteiger partial charge on any atom is 0.242 e. The van der Waals surface area contributed by atoms with Crippen molar-refractivity contribution < 1.29 is 4.79 Å². The van der Waals surface area contributed by atoms with Gasteiger partial charge < -0.3 is 10.6 Å². The summed E-state index contributed by atoms with van der Waals surface area (Å²) in [6.45, 7) is 4.52. The van der Waals surface area contributed by atoms with Crippen LogP contribution < -0.4 is 10.6 Å². The van der Waals surface area contributed by atoms with E-state index in [2.05, 4.69) is 42.7 Å². The van der Waals surface area contributed by atoms with Gasteiger partial charge in [0.05, 0.1) is 0 Å². The Bertz CT molecular complexity index is 509. The van der Waals surface area contributed by atoms with Gasteiger partial charge in [-0.3, -0.25) is 4.79 Å². The summed E-state index contributed by atoms with van der Waals surface area (Å²) >= 11 is 0. The van der Waals surface area contributed by atoms with E-state index in [9.17, 15) is 4.79 Å². The zero-order valence-electron chi connectivity index (χ0n) is 12.4. The van der Waals surface area contributed by atoms with Crippen LogP contribution in [-0.2, 0) is 11.2 Å². The number of nitrogens with one attached hydrogen (secondary N) is 2. The van der Waals surface area contributed by atoms with Crippen molar-refractivity contribution >= 4 is 11.6 Å². The third kappa shape index (κ3) is 2.54. The first-order valence-corrected chi connectivity index (χ1v) is 7.71. The molecule has 1 aliphatic heterocycles. The van der Waals surface area contributed by atoms with Gasteiger partial charge in [0, 0.05) is 11.7 Å². The molecule has 3 heteroatoms. The summed E-state index contributed by atoms with van der Waals surface area (Å²) in [6, 6.07) is 8.52. The minimum Gasteiger partial charge on any atom is -0.373 e. The lowest BCUT2D eigenvalue weighted by Gasteiger charge is -2.31. The fourth-order valence-electron chi connectivity index (χ4n) is 3.50. The molecule has 20 heavy (non-hydrogen) atoms. The molecule has 0 bridgehead atoms. The van der Waals surface area contributed by atoms with Gasteiger partial charge in [-0.15, -0.1) is 0 Å². The van der Waals surface area contributed by atoms with Crippen molar-refractivity contribution in [2.75, 3.05) is 5.32 Å². The summed E-state index contributed by atoms with van der Waals surface area (Å²) in [6.07, 6.45) is 5.41. The van der Waals surface area contributed by atoms with Gasteiger partial charge in [-0.25, -0.2) is 0 Å².